The summed E-state index contributed by atoms with van der Waals surface area (Å²) in [6.45, 7) is 0. The van der Waals surface area contributed by atoms with Crippen LogP contribution in [0.25, 0.3) is 0 Å². The summed E-state index contributed by atoms with van der Waals surface area (Å²) >= 11 is 0. The van der Waals surface area contributed by atoms with Crippen LogP contribution in [0, 0.1) is 0 Å². The number of sulfonamides is 1. The molecule has 26 heavy (non-hydrogen) atoms. The largest absolute Gasteiger partial charge is 0.497 e. The van der Waals surface area contributed by atoms with Gasteiger partial charge < -0.3 is 14.8 Å². The Bertz CT molecular complexity index is 918. The number of carbonyl (C=O) groups is 1. The zero-order chi connectivity index (χ0) is 18.7. The van der Waals surface area contributed by atoms with E-state index in [1.807, 2.05) is 0 Å². The number of nitrogens with one attached hydrogen (secondary N) is 2. The predicted molar refractivity (Wildman–Crippen MR) is 98.4 cm³/mol. The lowest BCUT2D eigenvalue weighted by molar-refractivity contribution is -0.116. The first-order chi connectivity index (χ1) is 12.4. The van der Waals surface area contributed by atoms with Crippen LogP contribution in [0.4, 0.5) is 11.4 Å². The van der Waals surface area contributed by atoms with Crippen molar-refractivity contribution in [2.24, 2.45) is 0 Å². The molecule has 0 spiro atoms. The van der Waals surface area contributed by atoms with Gasteiger partial charge in [-0.1, -0.05) is 0 Å². The highest BCUT2D eigenvalue weighted by Crippen LogP contribution is 2.29. The molecule has 0 aliphatic carbocycles. The maximum Gasteiger partial charge on any atom is 0.261 e. The standard InChI is InChI=1S/C18H20N2O5S/c1-24-14-9-13(10-15(11-14)25-2)20-26(22,23)16-6-7-17-12(8-16)4-3-5-18(21)19-17/h6-11,20H,3-5H2,1-2H3,(H,19,21). The third-order valence-electron chi connectivity index (χ3n) is 4.11. The van der Waals surface area contributed by atoms with Crippen LogP contribution in [0.15, 0.2) is 41.3 Å². The van der Waals surface area contributed by atoms with Gasteiger partial charge in [-0.15, -0.1) is 0 Å². The van der Waals surface area contributed by atoms with Gasteiger partial charge in [0.25, 0.3) is 10.0 Å². The van der Waals surface area contributed by atoms with E-state index in [1.165, 1.54) is 20.3 Å². The molecule has 0 unspecified atom stereocenters. The minimum atomic E-state index is -3.80. The molecule has 0 fully saturated rings. The van der Waals surface area contributed by atoms with E-state index in [-0.39, 0.29) is 10.8 Å². The number of rotatable bonds is 5. The average Bonchev–Trinajstić information content (AvgIpc) is 2.80. The van der Waals surface area contributed by atoms with Gasteiger partial charge in [0.05, 0.1) is 24.8 Å². The maximum absolute atomic E-state index is 12.8. The highest BCUT2D eigenvalue weighted by molar-refractivity contribution is 7.92. The molecule has 0 aromatic heterocycles. The Hall–Kier alpha value is -2.74. The second-order valence-electron chi connectivity index (χ2n) is 5.93. The molecule has 0 radical (unpaired) electrons. The predicted octanol–water partition coefficient (Wildman–Crippen LogP) is 2.78. The van der Waals surface area contributed by atoms with Crippen molar-refractivity contribution in [2.45, 2.75) is 24.2 Å². The van der Waals surface area contributed by atoms with E-state index < -0.39 is 10.0 Å². The Labute approximate surface area is 152 Å². The Kier molecular flexibility index (Phi) is 5.03. The summed E-state index contributed by atoms with van der Waals surface area (Å²) in [6, 6.07) is 9.50. The van der Waals surface area contributed by atoms with Gasteiger partial charge in [-0.2, -0.15) is 0 Å². The van der Waals surface area contributed by atoms with Crippen molar-refractivity contribution in [1.82, 2.24) is 0 Å². The van der Waals surface area contributed by atoms with Crippen molar-refractivity contribution >= 4 is 27.3 Å². The zero-order valence-corrected chi connectivity index (χ0v) is 15.4. The van der Waals surface area contributed by atoms with Crippen molar-refractivity contribution in [3.05, 3.63) is 42.0 Å². The number of amides is 1. The van der Waals surface area contributed by atoms with Crippen molar-refractivity contribution < 1.29 is 22.7 Å². The van der Waals surface area contributed by atoms with E-state index in [0.717, 1.165) is 5.56 Å². The summed E-state index contributed by atoms with van der Waals surface area (Å²) in [6.07, 6.45) is 1.76. The van der Waals surface area contributed by atoms with Crippen LogP contribution in [0.2, 0.25) is 0 Å². The molecular formula is C18H20N2O5S. The molecule has 1 amide bonds. The molecule has 2 aromatic rings. The molecular weight excluding hydrogens is 356 g/mol. The summed E-state index contributed by atoms with van der Waals surface area (Å²) < 4.78 is 38.4. The lowest BCUT2D eigenvalue weighted by Crippen LogP contribution is -2.14. The van der Waals surface area contributed by atoms with E-state index >= 15 is 0 Å². The fraction of sp³-hybridized carbons (Fsp3) is 0.278. The zero-order valence-electron chi connectivity index (χ0n) is 14.5. The number of ether oxygens (including phenoxy) is 2. The van der Waals surface area contributed by atoms with Crippen LogP contribution < -0.4 is 19.5 Å². The molecule has 0 saturated heterocycles. The molecule has 7 nitrogen and oxygen atoms in total. The molecule has 1 aliphatic rings. The lowest BCUT2D eigenvalue weighted by Gasteiger charge is -2.13. The SMILES string of the molecule is COc1cc(NS(=O)(=O)c2ccc3c(c2)CCCC(=O)N3)cc(OC)c1. The summed E-state index contributed by atoms with van der Waals surface area (Å²) in [5.41, 5.74) is 1.81. The van der Waals surface area contributed by atoms with E-state index in [0.29, 0.717) is 42.1 Å². The molecule has 3 rings (SSSR count). The van der Waals surface area contributed by atoms with Gasteiger partial charge in [0.1, 0.15) is 11.5 Å². The molecule has 8 heteroatoms. The Morgan fingerprint density at radius 1 is 1.00 bits per heavy atom. The quantitative estimate of drug-likeness (QED) is 0.837. The number of hydrogen-bond acceptors (Lipinski definition) is 5. The molecule has 0 bridgehead atoms. The summed E-state index contributed by atoms with van der Waals surface area (Å²) in [5, 5.41) is 2.79. The minimum Gasteiger partial charge on any atom is -0.497 e. The molecule has 2 aromatic carbocycles. The van der Waals surface area contributed by atoms with Crippen LogP contribution >= 0.6 is 0 Å². The van der Waals surface area contributed by atoms with Crippen LogP contribution in [-0.4, -0.2) is 28.5 Å². The van der Waals surface area contributed by atoms with Crippen LogP contribution in [-0.2, 0) is 21.2 Å². The monoisotopic (exact) mass is 376 g/mol. The van der Waals surface area contributed by atoms with Gasteiger partial charge in [-0.05, 0) is 36.6 Å². The van der Waals surface area contributed by atoms with Gasteiger partial charge in [0.15, 0.2) is 0 Å². The average molecular weight is 376 g/mol. The third-order valence-corrected chi connectivity index (χ3v) is 5.49. The van der Waals surface area contributed by atoms with Gasteiger partial charge in [-0.3, -0.25) is 9.52 Å². The smallest absolute Gasteiger partial charge is 0.261 e. The first-order valence-corrected chi connectivity index (χ1v) is 9.58. The van der Waals surface area contributed by atoms with Crippen molar-refractivity contribution in [2.75, 3.05) is 24.3 Å². The van der Waals surface area contributed by atoms with Crippen LogP contribution in [0.1, 0.15) is 18.4 Å². The first kappa shape index (κ1) is 18.1. The van der Waals surface area contributed by atoms with Crippen LogP contribution in [0.3, 0.4) is 0 Å². The normalized spacial score (nSPS) is 14.0. The van der Waals surface area contributed by atoms with Gasteiger partial charge >= 0.3 is 0 Å². The first-order valence-electron chi connectivity index (χ1n) is 8.10. The van der Waals surface area contributed by atoms with Crippen molar-refractivity contribution in [3.8, 4) is 11.5 Å². The van der Waals surface area contributed by atoms with E-state index in [4.69, 9.17) is 9.47 Å². The van der Waals surface area contributed by atoms with E-state index in [1.54, 1.807) is 30.3 Å². The Balaban J connectivity index is 1.91. The number of hydrogen-bond donors (Lipinski definition) is 2. The number of fused-ring (bicyclic) bond motifs is 1. The molecule has 0 saturated carbocycles. The van der Waals surface area contributed by atoms with Crippen molar-refractivity contribution in [3.63, 3.8) is 0 Å². The number of aryl methyl sites for hydroxylation is 1. The van der Waals surface area contributed by atoms with Gasteiger partial charge in [0.2, 0.25) is 5.91 Å². The molecule has 1 aliphatic heterocycles. The summed E-state index contributed by atoms with van der Waals surface area (Å²) in [7, 11) is -0.808. The Morgan fingerprint density at radius 3 is 2.35 bits per heavy atom. The lowest BCUT2D eigenvalue weighted by atomic mass is 10.1. The summed E-state index contributed by atoms with van der Waals surface area (Å²) in [4.78, 5) is 11.8. The molecule has 138 valence electrons. The number of carbonyl (C=O) groups excluding carboxylic acids is 1. The highest BCUT2D eigenvalue weighted by atomic mass is 32.2. The molecule has 1 heterocycles. The number of benzene rings is 2. The fourth-order valence-corrected chi connectivity index (χ4v) is 3.89. The van der Waals surface area contributed by atoms with Gasteiger partial charge in [-0.25, -0.2) is 8.42 Å². The minimum absolute atomic E-state index is 0.0547. The molecule has 2 N–H and O–H groups in total. The Morgan fingerprint density at radius 2 is 1.69 bits per heavy atom. The number of anilines is 2. The number of methoxy groups -OCH3 is 2. The topological polar surface area (TPSA) is 93.7 Å². The van der Waals surface area contributed by atoms with E-state index in [2.05, 4.69) is 10.0 Å². The second-order valence-corrected chi connectivity index (χ2v) is 7.61. The summed E-state index contributed by atoms with van der Waals surface area (Å²) in [5.74, 6) is 0.902. The third kappa shape index (κ3) is 3.91. The van der Waals surface area contributed by atoms with Crippen LogP contribution in [0.5, 0.6) is 11.5 Å². The molecule has 0 atom stereocenters. The fourth-order valence-electron chi connectivity index (χ4n) is 2.80. The maximum atomic E-state index is 12.8. The second kappa shape index (κ2) is 7.25. The van der Waals surface area contributed by atoms with E-state index in [9.17, 15) is 13.2 Å². The van der Waals surface area contributed by atoms with Crippen molar-refractivity contribution in [1.29, 1.82) is 0 Å². The van der Waals surface area contributed by atoms with Gasteiger partial charge in [0, 0.05) is 30.3 Å². The highest BCUT2D eigenvalue weighted by Gasteiger charge is 2.19.